The second-order valence-electron chi connectivity index (χ2n) is 7.68. The number of benzene rings is 2. The molecule has 2 heterocycles. The molecule has 2 aliphatic heterocycles. The summed E-state index contributed by atoms with van der Waals surface area (Å²) in [4.78, 5) is 0. The lowest BCUT2D eigenvalue weighted by Crippen LogP contribution is -2.41. The van der Waals surface area contributed by atoms with Crippen LogP contribution in [0.5, 0.6) is 0 Å². The van der Waals surface area contributed by atoms with Gasteiger partial charge < -0.3 is 20.1 Å². The van der Waals surface area contributed by atoms with E-state index in [1.165, 1.54) is 18.2 Å². The Morgan fingerprint density at radius 2 is 1.70 bits per heavy atom. The molecular formula is C22H24F4N2O2. The summed E-state index contributed by atoms with van der Waals surface area (Å²) in [7, 11) is 1.77. The first-order valence-electron chi connectivity index (χ1n) is 9.97. The first-order chi connectivity index (χ1) is 14.4. The molecule has 0 fully saturated rings. The molecule has 2 aromatic carbocycles. The number of alkyl halides is 2. The molecule has 0 radical (unpaired) electrons. The Morgan fingerprint density at radius 1 is 0.967 bits per heavy atom. The quantitative estimate of drug-likeness (QED) is 0.696. The molecule has 0 saturated heterocycles. The largest absolute Gasteiger partial charge is 0.367 e. The van der Waals surface area contributed by atoms with Crippen LogP contribution < -0.4 is 10.6 Å². The van der Waals surface area contributed by atoms with Gasteiger partial charge in [-0.05, 0) is 24.7 Å². The van der Waals surface area contributed by atoms with Crippen molar-refractivity contribution in [3.63, 3.8) is 0 Å². The minimum absolute atomic E-state index is 0.105. The van der Waals surface area contributed by atoms with Gasteiger partial charge in [-0.15, -0.1) is 0 Å². The van der Waals surface area contributed by atoms with Gasteiger partial charge in [0.05, 0.1) is 18.3 Å². The SMILES string of the molecule is CNC[C@@H]1O[C@@H](CNC[C@@H]2OCC(F)(F)c3cccc(F)c32)Cc2cccc(F)c21. The maximum Gasteiger partial charge on any atom is 0.296 e. The number of likely N-dealkylation sites (N-methyl/N-ethyl adjacent to an activating group) is 1. The van der Waals surface area contributed by atoms with Crippen LogP contribution in [0.1, 0.15) is 34.5 Å². The third-order valence-corrected chi connectivity index (χ3v) is 5.60. The molecule has 0 bridgehead atoms. The van der Waals surface area contributed by atoms with Crippen molar-refractivity contribution >= 4 is 0 Å². The van der Waals surface area contributed by atoms with Gasteiger partial charge in [0.2, 0.25) is 0 Å². The van der Waals surface area contributed by atoms with Gasteiger partial charge in [-0.3, -0.25) is 0 Å². The number of hydrogen-bond acceptors (Lipinski definition) is 4. The fourth-order valence-electron chi connectivity index (χ4n) is 4.26. The summed E-state index contributed by atoms with van der Waals surface area (Å²) in [5.41, 5.74) is 1.02. The zero-order valence-corrected chi connectivity index (χ0v) is 16.6. The highest BCUT2D eigenvalue weighted by Gasteiger charge is 2.42. The van der Waals surface area contributed by atoms with E-state index in [0.717, 1.165) is 11.6 Å². The van der Waals surface area contributed by atoms with E-state index < -0.39 is 30.6 Å². The second kappa shape index (κ2) is 8.63. The van der Waals surface area contributed by atoms with Crippen molar-refractivity contribution in [3.8, 4) is 0 Å². The van der Waals surface area contributed by atoms with E-state index in [9.17, 15) is 17.6 Å². The number of fused-ring (bicyclic) bond motifs is 2. The lowest BCUT2D eigenvalue weighted by molar-refractivity contribution is -0.125. The van der Waals surface area contributed by atoms with Crippen LogP contribution in [0.4, 0.5) is 17.6 Å². The Hall–Kier alpha value is -2.00. The fourth-order valence-corrected chi connectivity index (χ4v) is 4.26. The Kier molecular flexibility index (Phi) is 6.11. The van der Waals surface area contributed by atoms with E-state index in [1.54, 1.807) is 13.1 Å². The molecule has 3 atom stereocenters. The van der Waals surface area contributed by atoms with Gasteiger partial charge in [0.15, 0.2) is 0 Å². The molecule has 8 heteroatoms. The molecule has 2 aliphatic rings. The van der Waals surface area contributed by atoms with Gasteiger partial charge in [-0.2, -0.15) is 8.78 Å². The predicted molar refractivity (Wildman–Crippen MR) is 104 cm³/mol. The van der Waals surface area contributed by atoms with E-state index in [-0.39, 0.29) is 29.6 Å². The third kappa shape index (κ3) is 4.09. The van der Waals surface area contributed by atoms with Crippen molar-refractivity contribution in [3.05, 3.63) is 70.3 Å². The molecule has 4 nitrogen and oxygen atoms in total. The van der Waals surface area contributed by atoms with Gasteiger partial charge in [0, 0.05) is 42.7 Å². The highest BCUT2D eigenvalue weighted by molar-refractivity contribution is 5.36. The van der Waals surface area contributed by atoms with Crippen LogP contribution in [0.25, 0.3) is 0 Å². The summed E-state index contributed by atoms with van der Waals surface area (Å²) >= 11 is 0. The fraction of sp³-hybridized carbons (Fsp3) is 0.455. The lowest BCUT2D eigenvalue weighted by atomic mass is 9.93. The molecule has 2 aromatic rings. The number of rotatable bonds is 6. The van der Waals surface area contributed by atoms with Crippen molar-refractivity contribution < 1.29 is 27.0 Å². The van der Waals surface area contributed by atoms with Gasteiger partial charge in [-0.1, -0.05) is 24.3 Å². The Balaban J connectivity index is 1.43. The molecule has 30 heavy (non-hydrogen) atoms. The van der Waals surface area contributed by atoms with Crippen molar-refractivity contribution in [1.29, 1.82) is 0 Å². The minimum Gasteiger partial charge on any atom is -0.367 e. The normalized spacial score (nSPS) is 24.9. The summed E-state index contributed by atoms with van der Waals surface area (Å²) in [6.07, 6.45) is -0.950. The van der Waals surface area contributed by atoms with Crippen molar-refractivity contribution in [2.24, 2.45) is 0 Å². The number of hydrogen-bond donors (Lipinski definition) is 2. The van der Waals surface area contributed by atoms with Gasteiger partial charge in [0.25, 0.3) is 5.92 Å². The average molecular weight is 424 g/mol. The first-order valence-corrected chi connectivity index (χ1v) is 9.97. The molecule has 0 aliphatic carbocycles. The van der Waals surface area contributed by atoms with Crippen LogP contribution in [0, 0.1) is 11.6 Å². The zero-order chi connectivity index (χ0) is 21.3. The van der Waals surface area contributed by atoms with E-state index in [1.807, 2.05) is 6.07 Å². The molecule has 0 spiro atoms. The topological polar surface area (TPSA) is 42.5 Å². The summed E-state index contributed by atoms with van der Waals surface area (Å²) in [6, 6.07) is 8.67. The Bertz CT molecular complexity index is 909. The van der Waals surface area contributed by atoms with Gasteiger partial charge >= 0.3 is 0 Å². The van der Waals surface area contributed by atoms with Crippen LogP contribution in [-0.2, 0) is 21.8 Å². The summed E-state index contributed by atoms with van der Waals surface area (Å²) < 4.78 is 68.0. The molecule has 0 aromatic heterocycles. The van der Waals surface area contributed by atoms with E-state index in [0.29, 0.717) is 25.1 Å². The summed E-state index contributed by atoms with van der Waals surface area (Å²) in [6.45, 7) is 0.239. The predicted octanol–water partition coefficient (Wildman–Crippen LogP) is 3.62. The molecular weight excluding hydrogens is 400 g/mol. The molecule has 0 saturated carbocycles. The maximum absolute atomic E-state index is 14.3. The number of nitrogens with one attached hydrogen (secondary N) is 2. The van der Waals surface area contributed by atoms with Crippen molar-refractivity contribution in [2.45, 2.75) is 30.7 Å². The van der Waals surface area contributed by atoms with E-state index in [4.69, 9.17) is 9.47 Å². The molecule has 162 valence electrons. The summed E-state index contributed by atoms with van der Waals surface area (Å²) in [5, 5.41) is 6.17. The summed E-state index contributed by atoms with van der Waals surface area (Å²) in [5.74, 6) is -4.21. The highest BCUT2D eigenvalue weighted by atomic mass is 19.3. The Labute approximate surface area is 172 Å². The molecule has 0 unspecified atom stereocenters. The molecule has 0 amide bonds. The van der Waals surface area contributed by atoms with Crippen LogP contribution in [0.3, 0.4) is 0 Å². The Morgan fingerprint density at radius 3 is 2.47 bits per heavy atom. The van der Waals surface area contributed by atoms with Crippen LogP contribution in [-0.4, -0.2) is 39.4 Å². The minimum atomic E-state index is -3.21. The second-order valence-corrected chi connectivity index (χ2v) is 7.68. The van der Waals surface area contributed by atoms with E-state index in [2.05, 4.69) is 10.6 Å². The van der Waals surface area contributed by atoms with Gasteiger partial charge in [-0.25, -0.2) is 8.78 Å². The monoisotopic (exact) mass is 424 g/mol. The standard InChI is InChI=1S/C22H24F4N2O2/c1-27-10-19-20-13(4-2-6-16(20)23)8-14(30-19)9-28-11-18-21-15(5-3-7-17(21)24)22(25,26)12-29-18/h2-7,14,18-19,27-28H,8-12H2,1H3/t14-,18+,19+/m1/s1. The van der Waals surface area contributed by atoms with Crippen molar-refractivity contribution in [1.82, 2.24) is 10.6 Å². The molecule has 4 rings (SSSR count). The maximum atomic E-state index is 14.3. The first kappa shape index (κ1) is 21.2. The lowest BCUT2D eigenvalue weighted by Gasteiger charge is -2.34. The van der Waals surface area contributed by atoms with Gasteiger partial charge in [0.1, 0.15) is 18.2 Å². The highest BCUT2D eigenvalue weighted by Crippen LogP contribution is 2.41. The molecule has 2 N–H and O–H groups in total. The van der Waals surface area contributed by atoms with Crippen molar-refractivity contribution in [2.75, 3.05) is 33.3 Å². The number of halogens is 4. The van der Waals surface area contributed by atoms with Crippen LogP contribution >= 0.6 is 0 Å². The smallest absolute Gasteiger partial charge is 0.296 e. The third-order valence-electron chi connectivity index (χ3n) is 5.60. The van der Waals surface area contributed by atoms with Crippen LogP contribution in [0.15, 0.2) is 36.4 Å². The van der Waals surface area contributed by atoms with Crippen LogP contribution in [0.2, 0.25) is 0 Å². The van der Waals surface area contributed by atoms with E-state index >= 15 is 0 Å². The zero-order valence-electron chi connectivity index (χ0n) is 16.6. The average Bonchev–Trinajstić information content (AvgIpc) is 2.70. The number of ether oxygens (including phenoxy) is 2.